The highest BCUT2D eigenvalue weighted by molar-refractivity contribution is 7.08. The quantitative estimate of drug-likeness (QED) is 0.288. The summed E-state index contributed by atoms with van der Waals surface area (Å²) in [5.41, 5.74) is 8.26. The fraction of sp³-hybridized carbons (Fsp3) is 0.111. The highest BCUT2D eigenvalue weighted by Gasteiger charge is 2.15. The number of rotatable bonds is 6. The Balaban J connectivity index is 1.38. The van der Waals surface area contributed by atoms with Gasteiger partial charge < -0.3 is 15.2 Å². The number of H-pyrrole nitrogens is 2. The van der Waals surface area contributed by atoms with E-state index in [1.165, 1.54) is 11.1 Å². The third kappa shape index (κ3) is 4.15. The number of aromatic amines is 2. The number of nitrogens with one attached hydrogen (secondary N) is 3. The van der Waals surface area contributed by atoms with Gasteiger partial charge in [-0.15, -0.1) is 0 Å². The highest BCUT2D eigenvalue weighted by Crippen LogP contribution is 2.35. The van der Waals surface area contributed by atoms with Crippen molar-refractivity contribution in [2.45, 2.75) is 0 Å². The average molecular weight is 494 g/mol. The van der Waals surface area contributed by atoms with Crippen LogP contribution in [0.15, 0.2) is 71.8 Å². The summed E-state index contributed by atoms with van der Waals surface area (Å²) in [7, 11) is 3.71. The van der Waals surface area contributed by atoms with Crippen LogP contribution in [0.5, 0.6) is 0 Å². The van der Waals surface area contributed by atoms with Crippen LogP contribution in [0.3, 0.4) is 0 Å². The van der Waals surface area contributed by atoms with Crippen LogP contribution < -0.4 is 5.32 Å². The molecule has 0 saturated carbocycles. The molecule has 6 aromatic rings. The number of hydrogen-bond donors (Lipinski definition) is 3. The number of anilines is 1. The second-order valence-corrected chi connectivity index (χ2v) is 9.68. The lowest BCUT2D eigenvalue weighted by atomic mass is 10.0. The lowest BCUT2D eigenvalue weighted by molar-refractivity contribution is -0.116. The normalized spacial score (nSPS) is 11.5. The van der Waals surface area contributed by atoms with Gasteiger partial charge in [0, 0.05) is 39.8 Å². The third-order valence-electron chi connectivity index (χ3n) is 5.98. The lowest BCUT2D eigenvalue weighted by Gasteiger charge is -2.10. The summed E-state index contributed by atoms with van der Waals surface area (Å²) in [5.74, 6) is -0.0923. The maximum atomic E-state index is 12.2. The first-order valence-corrected chi connectivity index (χ1v) is 12.4. The van der Waals surface area contributed by atoms with Crippen molar-refractivity contribution in [3.05, 3.63) is 71.8 Å². The largest absolute Gasteiger partial charge is 0.353 e. The van der Waals surface area contributed by atoms with E-state index < -0.39 is 0 Å². The van der Waals surface area contributed by atoms with Crippen LogP contribution in [0.4, 0.5) is 5.69 Å². The number of benzene rings is 1. The Labute approximate surface area is 211 Å². The highest BCUT2D eigenvalue weighted by atomic mass is 32.1. The Morgan fingerprint density at radius 2 is 1.92 bits per heavy atom. The monoisotopic (exact) mass is 493 g/mol. The van der Waals surface area contributed by atoms with E-state index in [4.69, 9.17) is 0 Å². The van der Waals surface area contributed by atoms with Gasteiger partial charge in [-0.2, -0.15) is 16.4 Å². The van der Waals surface area contributed by atoms with Crippen molar-refractivity contribution in [1.82, 2.24) is 30.0 Å². The number of fused-ring (bicyclic) bond motifs is 2. The summed E-state index contributed by atoms with van der Waals surface area (Å²) in [6.07, 6.45) is 5.19. The first-order chi connectivity index (χ1) is 17.5. The zero-order valence-corrected chi connectivity index (χ0v) is 20.6. The summed E-state index contributed by atoms with van der Waals surface area (Å²) >= 11 is 1.69. The summed E-state index contributed by atoms with van der Waals surface area (Å²) in [6.45, 7) is 0.300. The van der Waals surface area contributed by atoms with Gasteiger partial charge in [-0.25, -0.2) is 4.98 Å². The fourth-order valence-electron chi connectivity index (χ4n) is 4.37. The van der Waals surface area contributed by atoms with Crippen molar-refractivity contribution in [3.8, 4) is 33.6 Å². The number of pyridine rings is 2. The van der Waals surface area contributed by atoms with Crippen LogP contribution in [0.1, 0.15) is 0 Å². The molecule has 9 heteroatoms. The number of carbonyl (C=O) groups excluding carboxylic acids is 1. The van der Waals surface area contributed by atoms with Crippen molar-refractivity contribution in [2.75, 3.05) is 26.0 Å². The SMILES string of the molecule is CN(C)CC(=O)Nc1cncc(-c2cnc3[nH]nc(-c4cc5c(-c6ccsc6)cccc5[nH]4)c3c2)c1. The number of thiophene rings is 1. The molecule has 0 atom stereocenters. The molecule has 6 rings (SSSR count). The minimum absolute atomic E-state index is 0.0923. The van der Waals surface area contributed by atoms with E-state index in [-0.39, 0.29) is 5.91 Å². The summed E-state index contributed by atoms with van der Waals surface area (Å²) < 4.78 is 0. The Bertz CT molecular complexity index is 1700. The van der Waals surface area contributed by atoms with Gasteiger partial charge in [-0.3, -0.25) is 14.9 Å². The minimum Gasteiger partial charge on any atom is -0.353 e. The number of nitrogens with zero attached hydrogens (tertiary/aromatic N) is 4. The Morgan fingerprint density at radius 3 is 2.75 bits per heavy atom. The maximum absolute atomic E-state index is 12.2. The molecule has 0 aliphatic heterocycles. The molecule has 1 amide bonds. The molecule has 1 aromatic carbocycles. The van der Waals surface area contributed by atoms with Crippen LogP contribution in [-0.2, 0) is 4.79 Å². The smallest absolute Gasteiger partial charge is 0.238 e. The summed E-state index contributed by atoms with van der Waals surface area (Å²) in [5, 5.41) is 16.8. The number of likely N-dealkylation sites (N-methyl/N-ethyl adjacent to an activating group) is 1. The molecule has 5 aromatic heterocycles. The van der Waals surface area contributed by atoms with Crippen molar-refractivity contribution in [1.29, 1.82) is 0 Å². The van der Waals surface area contributed by atoms with Crippen molar-refractivity contribution >= 4 is 44.9 Å². The topological polar surface area (TPSA) is 103 Å². The van der Waals surface area contributed by atoms with Gasteiger partial charge in [0.05, 0.1) is 24.1 Å². The molecule has 0 bridgehead atoms. The van der Waals surface area contributed by atoms with E-state index in [1.54, 1.807) is 29.9 Å². The number of carbonyl (C=O) groups is 1. The third-order valence-corrected chi connectivity index (χ3v) is 6.67. The molecule has 0 aliphatic carbocycles. The summed E-state index contributed by atoms with van der Waals surface area (Å²) in [4.78, 5) is 26.4. The van der Waals surface area contributed by atoms with Gasteiger partial charge >= 0.3 is 0 Å². The van der Waals surface area contributed by atoms with Crippen LogP contribution in [0.25, 0.3) is 55.6 Å². The van der Waals surface area contributed by atoms with Gasteiger partial charge in [0.1, 0.15) is 5.69 Å². The first kappa shape index (κ1) is 22.1. The average Bonchev–Trinajstić information content (AvgIpc) is 3.62. The van der Waals surface area contributed by atoms with Crippen LogP contribution in [-0.4, -0.2) is 56.6 Å². The second kappa shape index (κ2) is 9.03. The van der Waals surface area contributed by atoms with Gasteiger partial charge in [-0.1, -0.05) is 12.1 Å². The van der Waals surface area contributed by atoms with E-state index in [0.29, 0.717) is 17.9 Å². The van der Waals surface area contributed by atoms with E-state index in [9.17, 15) is 4.79 Å². The van der Waals surface area contributed by atoms with Crippen molar-refractivity contribution < 1.29 is 4.79 Å². The zero-order chi connectivity index (χ0) is 24.6. The molecule has 178 valence electrons. The molecular formula is C27H23N7OS. The van der Waals surface area contributed by atoms with E-state index in [1.807, 2.05) is 25.1 Å². The van der Waals surface area contributed by atoms with E-state index in [0.717, 1.165) is 38.8 Å². The van der Waals surface area contributed by atoms with Gasteiger partial charge in [0.2, 0.25) is 5.91 Å². The maximum Gasteiger partial charge on any atom is 0.238 e. The van der Waals surface area contributed by atoms with E-state index in [2.05, 4.69) is 77.6 Å². The second-order valence-electron chi connectivity index (χ2n) is 8.90. The zero-order valence-electron chi connectivity index (χ0n) is 19.7. The van der Waals surface area contributed by atoms with Crippen molar-refractivity contribution in [2.24, 2.45) is 0 Å². The molecule has 0 saturated heterocycles. The van der Waals surface area contributed by atoms with Crippen LogP contribution in [0.2, 0.25) is 0 Å². The standard InChI is InChI=1S/C27H23N7OS/c1-34(2)14-25(35)30-19-8-17(11-28-13-19)18-9-22-26(32-33-27(22)29-12-18)24-10-21-20(16-6-7-36-15-16)4-3-5-23(21)31-24/h3-13,15,31H,14H2,1-2H3,(H,30,35)(H,29,32,33). The molecule has 36 heavy (non-hydrogen) atoms. The Kier molecular flexibility index (Phi) is 5.55. The predicted octanol–water partition coefficient (Wildman–Crippen LogP) is 5.40. The minimum atomic E-state index is -0.0923. The number of aromatic nitrogens is 5. The van der Waals surface area contributed by atoms with Gasteiger partial charge in [0.15, 0.2) is 5.65 Å². The molecule has 0 spiro atoms. The van der Waals surface area contributed by atoms with Crippen molar-refractivity contribution in [3.63, 3.8) is 0 Å². The molecule has 0 aliphatic rings. The fourth-order valence-corrected chi connectivity index (χ4v) is 5.03. The van der Waals surface area contributed by atoms with Crippen LogP contribution in [0, 0.1) is 0 Å². The molecule has 8 nitrogen and oxygen atoms in total. The molecular weight excluding hydrogens is 470 g/mol. The lowest BCUT2D eigenvalue weighted by Crippen LogP contribution is -2.27. The number of hydrogen-bond acceptors (Lipinski definition) is 6. The Hall–Kier alpha value is -4.34. The molecule has 3 N–H and O–H groups in total. The molecule has 0 unspecified atom stereocenters. The van der Waals surface area contributed by atoms with E-state index >= 15 is 0 Å². The van der Waals surface area contributed by atoms with Gasteiger partial charge in [0.25, 0.3) is 0 Å². The Morgan fingerprint density at radius 1 is 1.03 bits per heavy atom. The molecule has 5 heterocycles. The molecule has 0 radical (unpaired) electrons. The number of amides is 1. The van der Waals surface area contributed by atoms with Crippen LogP contribution >= 0.6 is 11.3 Å². The molecule has 0 fully saturated rings. The first-order valence-electron chi connectivity index (χ1n) is 11.4. The summed E-state index contributed by atoms with van der Waals surface area (Å²) in [6, 6.07) is 14.5. The predicted molar refractivity (Wildman–Crippen MR) is 145 cm³/mol. The van der Waals surface area contributed by atoms with Gasteiger partial charge in [-0.05, 0) is 66.3 Å².